The van der Waals surface area contributed by atoms with Crippen LogP contribution < -0.4 is 32.7 Å². The molecule has 0 saturated heterocycles. The molecule has 0 bridgehead atoms. The van der Waals surface area contributed by atoms with Crippen LogP contribution in [-0.2, 0) is 43.2 Å². The van der Waals surface area contributed by atoms with Crippen molar-refractivity contribution in [3.63, 3.8) is 0 Å². The molecule has 0 aliphatic heterocycles. The maximum absolute atomic E-state index is 15.1. The number of nitrogens with two attached hydrogens (primary N) is 2. The molecule has 0 aromatic carbocycles. The fraction of sp³-hybridized carbons (Fsp3) is 0.525. The molecule has 12 N–H and O–H groups in total. The second-order valence-electron chi connectivity index (χ2n) is 15.2. The normalized spacial score (nSPS) is 17.3. The van der Waals surface area contributed by atoms with Crippen molar-refractivity contribution in [3.8, 4) is 0 Å². The Morgan fingerprint density at radius 2 is 1.18 bits per heavy atom. The van der Waals surface area contributed by atoms with Gasteiger partial charge in [0.1, 0.15) is 66.6 Å². The molecule has 8 unspecified atom stereocenters. The third-order valence-corrected chi connectivity index (χ3v) is 13.0. The average molecular weight is 977 g/mol. The Hall–Kier alpha value is -6.45. The van der Waals surface area contributed by atoms with Gasteiger partial charge in [-0.2, -0.15) is 0 Å². The summed E-state index contributed by atoms with van der Waals surface area (Å²) >= 11 is 1.91. The highest BCUT2D eigenvalue weighted by atomic mass is 32.2. The van der Waals surface area contributed by atoms with Gasteiger partial charge in [-0.15, -0.1) is 23.5 Å². The monoisotopic (exact) mass is 976 g/mol. The molecule has 1 aliphatic carbocycles. The predicted molar refractivity (Wildman–Crippen MR) is 235 cm³/mol. The van der Waals surface area contributed by atoms with Gasteiger partial charge in [-0.3, -0.25) is 52.7 Å². The SMILES string of the molecule is CC(=O)c1cc(C(SCC(NC(=O)CCC(N)C(=O)O)C(=O)NCC(=O)O)C2CCCC(C(SCC(NC(=O)CCC(N)C(=O)O)C(=O)NCC(=O)O)c3nccc(C(C)=O)n3)C2=O)ncn1. The van der Waals surface area contributed by atoms with Crippen LogP contribution in [0.25, 0.3) is 0 Å². The topological polar surface area (TPSA) is 420 Å². The Balaban J connectivity index is 2.08. The Morgan fingerprint density at radius 3 is 1.64 bits per heavy atom. The van der Waals surface area contributed by atoms with E-state index in [4.69, 9.17) is 21.7 Å². The Bertz CT molecular complexity index is 2050. The number of ketones is 3. The van der Waals surface area contributed by atoms with Crippen molar-refractivity contribution in [2.75, 3.05) is 24.6 Å². The van der Waals surface area contributed by atoms with Crippen molar-refractivity contribution < 1.29 is 73.2 Å². The van der Waals surface area contributed by atoms with Gasteiger partial charge < -0.3 is 53.2 Å². The lowest BCUT2D eigenvalue weighted by atomic mass is 9.76. The lowest BCUT2D eigenvalue weighted by Gasteiger charge is -2.36. The summed E-state index contributed by atoms with van der Waals surface area (Å²) in [5.41, 5.74) is 11.2. The summed E-state index contributed by atoms with van der Waals surface area (Å²) < 4.78 is 0. The van der Waals surface area contributed by atoms with Gasteiger partial charge in [-0.25, -0.2) is 19.9 Å². The quantitative estimate of drug-likeness (QED) is 0.0441. The molecule has 1 fully saturated rings. The number of amides is 4. The van der Waals surface area contributed by atoms with Gasteiger partial charge in [-0.05, 0) is 37.8 Å². The molecule has 4 amide bonds. The van der Waals surface area contributed by atoms with E-state index in [-0.39, 0.29) is 60.1 Å². The number of carbonyl (C=O) groups excluding carboxylic acids is 7. The molecule has 1 aliphatic rings. The first-order valence-corrected chi connectivity index (χ1v) is 22.7. The Kier molecular flexibility index (Phi) is 21.8. The van der Waals surface area contributed by atoms with Gasteiger partial charge in [0.05, 0.1) is 16.2 Å². The van der Waals surface area contributed by atoms with Gasteiger partial charge in [0.15, 0.2) is 11.6 Å². The van der Waals surface area contributed by atoms with E-state index >= 15 is 4.79 Å². The molecular formula is C40H52N10O15S2. The second-order valence-corrected chi connectivity index (χ2v) is 17.6. The van der Waals surface area contributed by atoms with Crippen LogP contribution in [0.15, 0.2) is 24.7 Å². The molecule has 1 saturated carbocycles. The van der Waals surface area contributed by atoms with Gasteiger partial charge in [0, 0.05) is 56.2 Å². The summed E-state index contributed by atoms with van der Waals surface area (Å²) in [6, 6.07) is -2.99. The average Bonchev–Trinajstić information content (AvgIpc) is 3.28. The van der Waals surface area contributed by atoms with Crippen LogP contribution >= 0.6 is 23.5 Å². The highest BCUT2D eigenvalue weighted by molar-refractivity contribution is 7.99. The van der Waals surface area contributed by atoms with E-state index in [1.807, 2.05) is 0 Å². The maximum Gasteiger partial charge on any atom is 0.322 e. The molecular weight excluding hydrogens is 925 g/mol. The third kappa shape index (κ3) is 17.7. The fourth-order valence-corrected chi connectivity index (χ4v) is 9.45. The standard InChI is InChI=1S/C40H52N10O15S2/c1-18(51)24-10-11-43-36(50-24)35(67-16-28(38(61)45-14-32(57)58)49-30(54)9-7-23(42)40(64)65)21-5-3-4-20(33(21)59)34(26-12-25(19(2)52)46-17-47-26)66-15-27(37(60)44-13-31(55)56)48-29(53)8-6-22(41)39(62)63/h10-12,17,20-23,27-28,34-35H,3-9,13-16,41-42H2,1-2H3,(H,44,60)(H,45,61)(H,48,53)(H,49,54)(H,55,56)(H,57,58)(H,62,63)(H,64,65). The van der Waals surface area contributed by atoms with Crippen molar-refractivity contribution in [3.05, 3.63) is 47.6 Å². The van der Waals surface area contributed by atoms with Crippen molar-refractivity contribution in [2.45, 2.75) is 93.5 Å². The number of hydrogen-bond donors (Lipinski definition) is 10. The summed E-state index contributed by atoms with van der Waals surface area (Å²) in [5.74, 6) is -12.9. The maximum atomic E-state index is 15.1. The number of carboxylic acids is 4. The Labute approximate surface area is 390 Å². The van der Waals surface area contributed by atoms with E-state index in [1.165, 1.54) is 32.2 Å². The number of rotatable bonds is 28. The first-order valence-electron chi connectivity index (χ1n) is 20.6. The van der Waals surface area contributed by atoms with Crippen LogP contribution in [0.2, 0.25) is 0 Å². The van der Waals surface area contributed by atoms with Crippen molar-refractivity contribution >= 4 is 88.4 Å². The van der Waals surface area contributed by atoms with Crippen molar-refractivity contribution in [1.82, 2.24) is 41.2 Å². The molecule has 0 spiro atoms. The van der Waals surface area contributed by atoms with Crippen LogP contribution in [-0.4, -0.2) is 154 Å². The molecule has 27 heteroatoms. The van der Waals surface area contributed by atoms with Crippen LogP contribution in [0.3, 0.4) is 0 Å². The number of carbonyl (C=O) groups is 11. The molecule has 3 rings (SSSR count). The van der Waals surface area contributed by atoms with Crippen LogP contribution in [0.5, 0.6) is 0 Å². The number of nitrogens with one attached hydrogen (secondary N) is 4. The minimum Gasteiger partial charge on any atom is -0.480 e. The van der Waals surface area contributed by atoms with E-state index in [2.05, 4.69) is 41.2 Å². The zero-order valence-electron chi connectivity index (χ0n) is 36.2. The lowest BCUT2D eigenvalue weighted by Crippen LogP contribution is -2.50. The molecule has 364 valence electrons. The number of aliphatic carboxylic acids is 4. The minimum atomic E-state index is -1.46. The van der Waals surface area contributed by atoms with Crippen LogP contribution in [0, 0.1) is 11.8 Å². The van der Waals surface area contributed by atoms with E-state index < -0.39 is 137 Å². The first-order chi connectivity index (χ1) is 31.6. The van der Waals surface area contributed by atoms with Gasteiger partial charge in [0.2, 0.25) is 23.6 Å². The lowest BCUT2D eigenvalue weighted by molar-refractivity contribution is -0.140. The van der Waals surface area contributed by atoms with Crippen molar-refractivity contribution in [1.29, 1.82) is 0 Å². The number of hydrogen-bond acceptors (Lipinski definition) is 19. The number of thioether (sulfide) groups is 2. The number of carboxylic acid groups (broad SMARTS) is 4. The molecule has 2 heterocycles. The van der Waals surface area contributed by atoms with Gasteiger partial charge in [0.25, 0.3) is 0 Å². The van der Waals surface area contributed by atoms with E-state index in [1.54, 1.807) is 0 Å². The van der Waals surface area contributed by atoms with E-state index in [0.29, 0.717) is 6.42 Å². The van der Waals surface area contributed by atoms with Crippen LogP contribution in [0.4, 0.5) is 0 Å². The summed E-state index contributed by atoms with van der Waals surface area (Å²) in [7, 11) is 0. The van der Waals surface area contributed by atoms with E-state index in [9.17, 15) is 58.2 Å². The minimum absolute atomic E-state index is 0.00856. The van der Waals surface area contributed by atoms with E-state index in [0.717, 1.165) is 29.9 Å². The molecule has 2 aromatic heterocycles. The van der Waals surface area contributed by atoms with Gasteiger partial charge in [-0.1, -0.05) is 6.42 Å². The van der Waals surface area contributed by atoms with Crippen LogP contribution in [0.1, 0.15) is 102 Å². The zero-order chi connectivity index (χ0) is 50.0. The molecule has 8 atom stereocenters. The predicted octanol–water partition coefficient (Wildman–Crippen LogP) is -1.34. The summed E-state index contributed by atoms with van der Waals surface area (Å²) in [5, 5.41) is 44.1. The Morgan fingerprint density at radius 1 is 0.701 bits per heavy atom. The highest BCUT2D eigenvalue weighted by Crippen LogP contribution is 2.48. The summed E-state index contributed by atoms with van der Waals surface area (Å²) in [6.45, 7) is 0.862. The number of Topliss-reactive ketones (excluding diaryl/α,β-unsaturated/α-hetero) is 3. The fourth-order valence-electron chi connectivity index (χ4n) is 6.61. The molecule has 67 heavy (non-hydrogen) atoms. The second kappa shape index (κ2) is 26.6. The summed E-state index contributed by atoms with van der Waals surface area (Å²) in [6.07, 6.45) is 1.73. The largest absolute Gasteiger partial charge is 0.480 e. The smallest absolute Gasteiger partial charge is 0.322 e. The van der Waals surface area contributed by atoms with Gasteiger partial charge >= 0.3 is 23.9 Å². The number of nitrogens with zero attached hydrogens (tertiary/aromatic N) is 4. The number of aromatic nitrogens is 4. The zero-order valence-corrected chi connectivity index (χ0v) is 37.9. The molecule has 25 nitrogen and oxygen atoms in total. The molecule has 2 aromatic rings. The summed E-state index contributed by atoms with van der Waals surface area (Å²) in [4.78, 5) is 155. The van der Waals surface area contributed by atoms with Crippen molar-refractivity contribution in [2.24, 2.45) is 23.3 Å². The third-order valence-electron chi connectivity index (χ3n) is 10.1. The molecule has 0 radical (unpaired) electrons. The first kappa shape index (κ1) is 54.9. The highest BCUT2D eigenvalue weighted by Gasteiger charge is 2.44.